The lowest BCUT2D eigenvalue weighted by Crippen LogP contribution is -2.40. The summed E-state index contributed by atoms with van der Waals surface area (Å²) >= 11 is 0. The van der Waals surface area contributed by atoms with Gasteiger partial charge in [0.1, 0.15) is 5.75 Å². The SMILES string of the molecule is CCCCOc1ccc(NC(=O)CNc2ccc(C(=O)NC(C)(C)C)cc2)cc1. The Balaban J connectivity index is 1.79. The van der Waals surface area contributed by atoms with E-state index in [4.69, 9.17) is 4.74 Å². The predicted molar refractivity (Wildman–Crippen MR) is 118 cm³/mol. The van der Waals surface area contributed by atoms with Crippen LogP contribution >= 0.6 is 0 Å². The minimum atomic E-state index is -0.286. The van der Waals surface area contributed by atoms with Crippen molar-refractivity contribution in [1.29, 1.82) is 0 Å². The largest absolute Gasteiger partial charge is 0.494 e. The molecule has 0 saturated heterocycles. The molecular formula is C23H31N3O3. The first-order valence-electron chi connectivity index (χ1n) is 9.96. The first-order valence-corrected chi connectivity index (χ1v) is 9.96. The summed E-state index contributed by atoms with van der Waals surface area (Å²) < 4.78 is 5.61. The molecule has 0 aliphatic rings. The molecular weight excluding hydrogens is 366 g/mol. The number of hydrogen-bond donors (Lipinski definition) is 3. The molecule has 0 saturated carbocycles. The minimum absolute atomic E-state index is 0.121. The predicted octanol–water partition coefficient (Wildman–Crippen LogP) is 4.44. The van der Waals surface area contributed by atoms with E-state index in [0.29, 0.717) is 17.9 Å². The Morgan fingerprint density at radius 2 is 1.55 bits per heavy atom. The van der Waals surface area contributed by atoms with E-state index in [0.717, 1.165) is 24.3 Å². The molecule has 0 unspecified atom stereocenters. The van der Waals surface area contributed by atoms with Crippen LogP contribution in [0.3, 0.4) is 0 Å². The van der Waals surface area contributed by atoms with Crippen molar-refractivity contribution in [3.63, 3.8) is 0 Å². The van der Waals surface area contributed by atoms with E-state index in [9.17, 15) is 9.59 Å². The first kappa shape index (κ1) is 22.3. The fourth-order valence-corrected chi connectivity index (χ4v) is 2.51. The zero-order valence-electron chi connectivity index (χ0n) is 17.7. The van der Waals surface area contributed by atoms with Crippen molar-refractivity contribution in [3.8, 4) is 5.75 Å². The second kappa shape index (κ2) is 10.5. The molecule has 156 valence electrons. The van der Waals surface area contributed by atoms with Gasteiger partial charge in [0.05, 0.1) is 13.2 Å². The highest BCUT2D eigenvalue weighted by atomic mass is 16.5. The molecule has 0 radical (unpaired) electrons. The summed E-state index contributed by atoms with van der Waals surface area (Å²) in [5, 5.41) is 8.82. The summed E-state index contributed by atoms with van der Waals surface area (Å²) in [5.41, 5.74) is 1.78. The molecule has 29 heavy (non-hydrogen) atoms. The van der Waals surface area contributed by atoms with Crippen molar-refractivity contribution >= 4 is 23.2 Å². The lowest BCUT2D eigenvalue weighted by Gasteiger charge is -2.20. The van der Waals surface area contributed by atoms with Crippen LogP contribution in [0.2, 0.25) is 0 Å². The summed E-state index contributed by atoms with van der Waals surface area (Å²) in [6, 6.07) is 14.4. The Labute approximate surface area is 173 Å². The van der Waals surface area contributed by atoms with Crippen LogP contribution < -0.4 is 20.7 Å². The number of ether oxygens (including phenoxy) is 1. The molecule has 0 aliphatic carbocycles. The van der Waals surface area contributed by atoms with Crippen LogP contribution in [0.15, 0.2) is 48.5 Å². The maximum Gasteiger partial charge on any atom is 0.251 e. The Bertz CT molecular complexity index is 794. The Morgan fingerprint density at radius 1 is 0.931 bits per heavy atom. The van der Waals surface area contributed by atoms with Gasteiger partial charge in [0.25, 0.3) is 5.91 Å². The quantitative estimate of drug-likeness (QED) is 0.547. The molecule has 3 N–H and O–H groups in total. The molecule has 0 aliphatic heterocycles. The summed E-state index contributed by atoms with van der Waals surface area (Å²) in [7, 11) is 0. The normalized spacial score (nSPS) is 10.9. The van der Waals surface area contributed by atoms with Crippen LogP contribution in [0.5, 0.6) is 5.75 Å². The molecule has 0 fully saturated rings. The topological polar surface area (TPSA) is 79.5 Å². The van der Waals surface area contributed by atoms with Gasteiger partial charge < -0.3 is 20.7 Å². The highest BCUT2D eigenvalue weighted by Gasteiger charge is 2.15. The molecule has 6 heteroatoms. The van der Waals surface area contributed by atoms with E-state index in [2.05, 4.69) is 22.9 Å². The molecule has 0 atom stereocenters. The van der Waals surface area contributed by atoms with Gasteiger partial charge >= 0.3 is 0 Å². The summed E-state index contributed by atoms with van der Waals surface area (Å²) in [6.45, 7) is 8.75. The van der Waals surface area contributed by atoms with Gasteiger partial charge in [0.15, 0.2) is 0 Å². The average molecular weight is 398 g/mol. The standard InChI is InChI=1S/C23H31N3O3/c1-5-6-15-29-20-13-11-19(12-14-20)25-21(27)16-24-18-9-7-17(8-10-18)22(28)26-23(2,3)4/h7-14,24H,5-6,15-16H2,1-4H3,(H,25,27)(H,26,28). The molecule has 2 aromatic rings. The van der Waals surface area contributed by atoms with E-state index in [1.807, 2.05) is 45.0 Å². The number of hydrogen-bond acceptors (Lipinski definition) is 4. The highest BCUT2D eigenvalue weighted by Crippen LogP contribution is 2.16. The number of nitrogens with one attached hydrogen (secondary N) is 3. The van der Waals surface area contributed by atoms with Gasteiger partial charge in [-0.2, -0.15) is 0 Å². The zero-order chi connectivity index (χ0) is 21.3. The maximum absolute atomic E-state index is 12.1. The zero-order valence-corrected chi connectivity index (χ0v) is 17.7. The minimum Gasteiger partial charge on any atom is -0.494 e. The van der Waals surface area contributed by atoms with Crippen LogP contribution in [-0.4, -0.2) is 30.5 Å². The van der Waals surface area contributed by atoms with Crippen LogP contribution in [0.4, 0.5) is 11.4 Å². The van der Waals surface area contributed by atoms with Crippen LogP contribution in [-0.2, 0) is 4.79 Å². The Hall–Kier alpha value is -3.02. The number of carbonyl (C=O) groups excluding carboxylic acids is 2. The van der Waals surface area contributed by atoms with Gasteiger partial charge in [0.2, 0.25) is 5.91 Å². The van der Waals surface area contributed by atoms with Gasteiger partial charge in [-0.15, -0.1) is 0 Å². The molecule has 2 amide bonds. The lowest BCUT2D eigenvalue weighted by atomic mass is 10.1. The smallest absolute Gasteiger partial charge is 0.251 e. The summed E-state index contributed by atoms with van der Waals surface area (Å²) in [5.74, 6) is 0.522. The van der Waals surface area contributed by atoms with Gasteiger partial charge in [-0.25, -0.2) is 0 Å². The molecule has 2 rings (SSSR count). The molecule has 2 aromatic carbocycles. The molecule has 0 heterocycles. The Morgan fingerprint density at radius 3 is 2.14 bits per heavy atom. The second-order valence-electron chi connectivity index (χ2n) is 7.91. The van der Waals surface area contributed by atoms with Crippen molar-refractivity contribution < 1.29 is 14.3 Å². The monoisotopic (exact) mass is 397 g/mol. The van der Waals surface area contributed by atoms with Crippen molar-refractivity contribution in [1.82, 2.24) is 5.32 Å². The van der Waals surface area contributed by atoms with E-state index < -0.39 is 0 Å². The molecule has 0 bridgehead atoms. The van der Waals surface area contributed by atoms with Gasteiger partial charge in [-0.05, 0) is 75.7 Å². The van der Waals surface area contributed by atoms with Gasteiger partial charge in [-0.1, -0.05) is 13.3 Å². The summed E-state index contributed by atoms with van der Waals surface area (Å²) in [6.07, 6.45) is 2.11. The third kappa shape index (κ3) is 8.25. The number of amides is 2. The van der Waals surface area contributed by atoms with Gasteiger partial charge in [-0.3, -0.25) is 9.59 Å². The van der Waals surface area contributed by atoms with Crippen molar-refractivity contribution in [3.05, 3.63) is 54.1 Å². The van der Waals surface area contributed by atoms with E-state index in [-0.39, 0.29) is 23.9 Å². The van der Waals surface area contributed by atoms with E-state index in [1.165, 1.54) is 0 Å². The average Bonchev–Trinajstić information content (AvgIpc) is 2.67. The highest BCUT2D eigenvalue weighted by molar-refractivity contribution is 5.95. The second-order valence-corrected chi connectivity index (χ2v) is 7.91. The van der Waals surface area contributed by atoms with Crippen LogP contribution in [0.1, 0.15) is 50.9 Å². The lowest BCUT2D eigenvalue weighted by molar-refractivity contribution is -0.114. The van der Waals surface area contributed by atoms with Crippen molar-refractivity contribution in [2.75, 3.05) is 23.8 Å². The van der Waals surface area contributed by atoms with E-state index >= 15 is 0 Å². The summed E-state index contributed by atoms with van der Waals surface area (Å²) in [4.78, 5) is 24.3. The van der Waals surface area contributed by atoms with Crippen LogP contribution in [0, 0.1) is 0 Å². The van der Waals surface area contributed by atoms with E-state index in [1.54, 1.807) is 24.3 Å². The van der Waals surface area contributed by atoms with Crippen molar-refractivity contribution in [2.45, 2.75) is 46.1 Å². The fraction of sp³-hybridized carbons (Fsp3) is 0.391. The third-order valence-electron chi connectivity index (χ3n) is 3.99. The maximum atomic E-state index is 12.1. The number of anilines is 2. The number of unbranched alkanes of at least 4 members (excludes halogenated alkanes) is 1. The first-order chi connectivity index (χ1) is 13.8. The molecule has 6 nitrogen and oxygen atoms in total. The van der Waals surface area contributed by atoms with Crippen molar-refractivity contribution in [2.24, 2.45) is 0 Å². The third-order valence-corrected chi connectivity index (χ3v) is 3.99. The number of benzene rings is 2. The Kier molecular flexibility index (Phi) is 8.07. The molecule has 0 spiro atoms. The number of rotatable bonds is 9. The van der Waals surface area contributed by atoms with Crippen LogP contribution in [0.25, 0.3) is 0 Å². The fourth-order valence-electron chi connectivity index (χ4n) is 2.51. The number of carbonyl (C=O) groups is 2. The molecule has 0 aromatic heterocycles. The van der Waals surface area contributed by atoms with Gasteiger partial charge in [0, 0.05) is 22.5 Å².